The Morgan fingerprint density at radius 3 is 2.94 bits per heavy atom. The molecule has 11 heteroatoms. The number of hydrogen-bond donors (Lipinski definition) is 2. The monoisotopic (exact) mass is 454 g/mol. The third-order valence-electron chi connectivity index (χ3n) is 4.95. The number of carbonyl (C=O) groups is 1. The van der Waals surface area contributed by atoms with Crippen LogP contribution in [0.4, 0.5) is 0 Å². The summed E-state index contributed by atoms with van der Waals surface area (Å²) in [5.41, 5.74) is 2.15. The van der Waals surface area contributed by atoms with Crippen LogP contribution in [-0.2, 0) is 4.74 Å². The first-order valence-corrected chi connectivity index (χ1v) is 11.4. The largest absolute Gasteiger partial charge is 0.462 e. The van der Waals surface area contributed by atoms with Crippen molar-refractivity contribution in [1.29, 1.82) is 0 Å². The maximum absolute atomic E-state index is 12.8. The summed E-state index contributed by atoms with van der Waals surface area (Å²) in [4.78, 5) is 38.0. The molecule has 0 amide bonds. The molecule has 0 spiro atoms. The molecule has 0 aliphatic carbocycles. The Morgan fingerprint density at radius 2 is 2.13 bits per heavy atom. The minimum absolute atomic E-state index is 0.196. The zero-order valence-electron chi connectivity index (χ0n) is 16.9. The van der Waals surface area contributed by atoms with E-state index in [1.54, 1.807) is 13.8 Å². The van der Waals surface area contributed by atoms with E-state index < -0.39 is 5.97 Å². The molecule has 5 rings (SSSR count). The molecule has 0 saturated carbocycles. The molecule has 0 fully saturated rings. The van der Waals surface area contributed by atoms with Crippen LogP contribution in [0, 0.1) is 6.92 Å². The summed E-state index contributed by atoms with van der Waals surface area (Å²) in [6.45, 7) is 5.71. The third kappa shape index (κ3) is 3.20. The molecule has 1 atom stereocenters. The number of ether oxygens (including phenoxy) is 1. The van der Waals surface area contributed by atoms with Crippen molar-refractivity contribution in [1.82, 2.24) is 29.5 Å². The number of imidazole rings is 1. The number of H-pyrrole nitrogens is 2. The molecular formula is C20H18N6O3S2. The Balaban J connectivity index is 1.53. The molecule has 0 saturated heterocycles. The SMILES string of the molecule is CCOC(=O)c1sc2nc(C(C)Sc3n[nH]c4nc5ccccc5n34)[nH]c(=O)c2c1C. The summed E-state index contributed by atoms with van der Waals surface area (Å²) < 4.78 is 7.05. The quantitative estimate of drug-likeness (QED) is 0.306. The molecule has 4 heterocycles. The summed E-state index contributed by atoms with van der Waals surface area (Å²) in [7, 11) is 0. The molecule has 0 aliphatic heterocycles. The Labute approximate surface area is 183 Å². The first kappa shape index (κ1) is 19.8. The van der Waals surface area contributed by atoms with Crippen molar-refractivity contribution in [3.8, 4) is 0 Å². The van der Waals surface area contributed by atoms with Gasteiger partial charge in [0.2, 0.25) is 5.78 Å². The fraction of sp³-hybridized carbons (Fsp3) is 0.250. The van der Waals surface area contributed by atoms with Crippen molar-refractivity contribution >= 4 is 56.1 Å². The lowest BCUT2D eigenvalue weighted by Crippen LogP contribution is -2.13. The molecule has 5 aromatic rings. The van der Waals surface area contributed by atoms with Gasteiger partial charge in [0, 0.05) is 0 Å². The van der Waals surface area contributed by atoms with E-state index in [-0.39, 0.29) is 17.4 Å². The van der Waals surface area contributed by atoms with Crippen LogP contribution in [0.15, 0.2) is 34.2 Å². The second kappa shape index (κ2) is 7.50. The molecule has 9 nitrogen and oxygen atoms in total. The van der Waals surface area contributed by atoms with Gasteiger partial charge in [0.15, 0.2) is 5.16 Å². The molecule has 0 radical (unpaired) electrons. The fourth-order valence-electron chi connectivity index (χ4n) is 3.48. The number of nitrogens with zero attached hydrogens (tertiary/aromatic N) is 4. The molecular weight excluding hydrogens is 436 g/mol. The Morgan fingerprint density at radius 1 is 1.32 bits per heavy atom. The van der Waals surface area contributed by atoms with Gasteiger partial charge in [-0.1, -0.05) is 23.9 Å². The number of rotatable bonds is 5. The highest BCUT2D eigenvalue weighted by atomic mass is 32.2. The lowest BCUT2D eigenvalue weighted by molar-refractivity contribution is 0.0531. The number of thiophene rings is 1. The Bertz CT molecular complexity index is 1510. The van der Waals surface area contributed by atoms with Crippen LogP contribution in [0.5, 0.6) is 0 Å². The first-order chi connectivity index (χ1) is 15.0. The maximum Gasteiger partial charge on any atom is 0.348 e. The Hall–Kier alpha value is -3.18. The second-order valence-electron chi connectivity index (χ2n) is 6.93. The molecule has 1 aromatic carbocycles. The zero-order chi connectivity index (χ0) is 21.7. The van der Waals surface area contributed by atoms with Crippen molar-refractivity contribution in [3.63, 3.8) is 0 Å². The van der Waals surface area contributed by atoms with Crippen LogP contribution in [0.1, 0.15) is 40.2 Å². The van der Waals surface area contributed by atoms with E-state index in [2.05, 4.69) is 25.1 Å². The summed E-state index contributed by atoms with van der Waals surface area (Å²) in [5.74, 6) is 0.734. The number of esters is 1. The van der Waals surface area contributed by atoms with Crippen LogP contribution in [-0.4, -0.2) is 42.1 Å². The standard InChI is InChI=1S/C20H18N6O3S2/c1-4-29-18(28)14-9(2)13-16(27)22-15(23-17(13)31-14)10(3)30-20-25-24-19-21-11-7-5-6-8-12(11)26(19)20/h5-8,10H,4H2,1-3H3,(H,21,24)(H,22,23,27). The number of benzene rings is 1. The number of fused-ring (bicyclic) bond motifs is 4. The number of aromatic amines is 2. The molecule has 4 aromatic heterocycles. The van der Waals surface area contributed by atoms with Gasteiger partial charge in [-0.25, -0.2) is 19.9 Å². The summed E-state index contributed by atoms with van der Waals surface area (Å²) in [6.07, 6.45) is 0. The molecule has 1 unspecified atom stereocenters. The number of hydrogen-bond acceptors (Lipinski definition) is 8. The molecule has 31 heavy (non-hydrogen) atoms. The van der Waals surface area contributed by atoms with E-state index in [0.29, 0.717) is 37.4 Å². The molecule has 0 bridgehead atoms. The number of para-hydroxylation sites is 2. The van der Waals surface area contributed by atoms with Crippen LogP contribution in [0.2, 0.25) is 0 Å². The number of thioether (sulfide) groups is 1. The summed E-state index contributed by atoms with van der Waals surface area (Å²) in [5, 5.41) is 8.28. The van der Waals surface area contributed by atoms with Crippen LogP contribution in [0.3, 0.4) is 0 Å². The first-order valence-electron chi connectivity index (χ1n) is 9.66. The fourth-order valence-corrected chi connectivity index (χ4v) is 5.49. The second-order valence-corrected chi connectivity index (χ2v) is 9.24. The van der Waals surface area contributed by atoms with Crippen molar-refractivity contribution in [2.24, 2.45) is 0 Å². The minimum atomic E-state index is -0.433. The summed E-state index contributed by atoms with van der Waals surface area (Å²) >= 11 is 2.64. The zero-order valence-corrected chi connectivity index (χ0v) is 18.6. The van der Waals surface area contributed by atoms with Crippen LogP contribution in [0.25, 0.3) is 27.0 Å². The van der Waals surface area contributed by atoms with Gasteiger partial charge in [0.25, 0.3) is 5.56 Å². The highest BCUT2D eigenvalue weighted by Crippen LogP contribution is 2.35. The minimum Gasteiger partial charge on any atom is -0.462 e. The lowest BCUT2D eigenvalue weighted by atomic mass is 10.2. The van der Waals surface area contributed by atoms with Gasteiger partial charge in [-0.15, -0.1) is 16.4 Å². The topological polar surface area (TPSA) is 118 Å². The predicted octanol–water partition coefficient (Wildman–Crippen LogP) is 3.85. The smallest absolute Gasteiger partial charge is 0.348 e. The third-order valence-corrected chi connectivity index (χ3v) is 7.18. The predicted molar refractivity (Wildman–Crippen MR) is 120 cm³/mol. The van der Waals surface area contributed by atoms with Gasteiger partial charge in [-0.3, -0.25) is 9.20 Å². The average molecular weight is 455 g/mol. The maximum atomic E-state index is 12.8. The molecule has 158 valence electrons. The van der Waals surface area contributed by atoms with Crippen molar-refractivity contribution < 1.29 is 9.53 Å². The molecule has 0 aliphatic rings. The van der Waals surface area contributed by atoms with Crippen molar-refractivity contribution in [2.75, 3.05) is 6.61 Å². The number of nitrogens with one attached hydrogen (secondary N) is 2. The van der Waals surface area contributed by atoms with E-state index in [4.69, 9.17) is 4.74 Å². The van der Waals surface area contributed by atoms with Gasteiger partial charge >= 0.3 is 5.97 Å². The Kier molecular flexibility index (Phi) is 4.78. The van der Waals surface area contributed by atoms with E-state index in [1.807, 2.05) is 35.6 Å². The number of carbonyl (C=O) groups excluding carboxylic acids is 1. The summed E-state index contributed by atoms with van der Waals surface area (Å²) in [6, 6.07) is 7.82. The van der Waals surface area contributed by atoms with E-state index >= 15 is 0 Å². The van der Waals surface area contributed by atoms with Crippen LogP contribution >= 0.6 is 23.1 Å². The average Bonchev–Trinajstić information content (AvgIpc) is 3.41. The van der Waals surface area contributed by atoms with E-state index in [1.165, 1.54) is 23.1 Å². The van der Waals surface area contributed by atoms with Crippen LogP contribution < -0.4 is 5.56 Å². The van der Waals surface area contributed by atoms with Gasteiger partial charge in [0.1, 0.15) is 15.5 Å². The lowest BCUT2D eigenvalue weighted by Gasteiger charge is -2.09. The van der Waals surface area contributed by atoms with Gasteiger partial charge < -0.3 is 9.72 Å². The van der Waals surface area contributed by atoms with Gasteiger partial charge in [0.05, 0.1) is 28.3 Å². The number of aromatic nitrogens is 6. The van der Waals surface area contributed by atoms with Crippen molar-refractivity contribution in [3.05, 3.63) is 50.9 Å². The normalized spacial score (nSPS) is 12.7. The van der Waals surface area contributed by atoms with E-state index in [0.717, 1.165) is 11.0 Å². The van der Waals surface area contributed by atoms with E-state index in [9.17, 15) is 9.59 Å². The highest BCUT2D eigenvalue weighted by Gasteiger charge is 2.23. The van der Waals surface area contributed by atoms with Gasteiger partial charge in [-0.05, 0) is 38.5 Å². The van der Waals surface area contributed by atoms with Gasteiger partial charge in [-0.2, -0.15) is 0 Å². The number of aryl methyl sites for hydroxylation is 1. The molecule has 2 N–H and O–H groups in total. The van der Waals surface area contributed by atoms with Crippen molar-refractivity contribution in [2.45, 2.75) is 31.2 Å². The highest BCUT2D eigenvalue weighted by molar-refractivity contribution is 7.99.